The molecule has 7 nitrogen and oxygen atoms in total. The molecule has 5 rings (SSSR count). The molecule has 2 atom stereocenters. The van der Waals surface area contributed by atoms with Gasteiger partial charge in [-0.05, 0) is 55.1 Å². The minimum absolute atomic E-state index is 0.0560. The number of amides is 1. The van der Waals surface area contributed by atoms with Crippen LogP contribution in [0, 0.1) is 17.3 Å². The van der Waals surface area contributed by atoms with E-state index in [0.29, 0.717) is 24.5 Å². The van der Waals surface area contributed by atoms with Crippen LogP contribution in [0.5, 0.6) is 0 Å². The third-order valence-corrected chi connectivity index (χ3v) is 9.61. The number of hydrogen-bond donors (Lipinski definition) is 2. The lowest BCUT2D eigenvalue weighted by Crippen LogP contribution is -2.59. The van der Waals surface area contributed by atoms with Gasteiger partial charge < -0.3 is 10.6 Å². The Morgan fingerprint density at radius 2 is 1.76 bits per heavy atom. The van der Waals surface area contributed by atoms with Crippen LogP contribution >= 0.6 is 0 Å². The quantitative estimate of drug-likeness (QED) is 0.628. The van der Waals surface area contributed by atoms with Gasteiger partial charge in [0.15, 0.2) is 0 Å². The fourth-order valence-corrected chi connectivity index (χ4v) is 6.66. The van der Waals surface area contributed by atoms with E-state index in [1.54, 1.807) is 0 Å². The van der Waals surface area contributed by atoms with Crippen LogP contribution < -0.4 is 10.6 Å². The second-order valence-electron chi connectivity index (χ2n) is 12.6. The number of piperazine rings is 1. The van der Waals surface area contributed by atoms with Crippen molar-refractivity contribution in [3.8, 4) is 0 Å². The Labute approximate surface area is 222 Å². The molecule has 1 saturated heterocycles. The number of hydrogen-bond acceptors (Lipinski definition) is 6. The summed E-state index contributed by atoms with van der Waals surface area (Å²) in [4.78, 5) is 28.5. The summed E-state index contributed by atoms with van der Waals surface area (Å²) in [7, 11) is 0. The molecule has 2 N–H and O–H groups in total. The van der Waals surface area contributed by atoms with Crippen molar-refractivity contribution in [2.75, 3.05) is 31.5 Å². The summed E-state index contributed by atoms with van der Waals surface area (Å²) in [5.41, 5.74) is 1.38. The zero-order valence-electron chi connectivity index (χ0n) is 23.5. The molecule has 0 radical (unpaired) electrons. The summed E-state index contributed by atoms with van der Waals surface area (Å²) in [6.45, 7) is 15.8. The van der Waals surface area contributed by atoms with E-state index in [1.165, 1.54) is 32.1 Å². The SMILES string of the molecule is CCC(C)(C)C1CCC(N2CCN3Cc4nc(c5ccccc5n4)N[C@@H](C(C)C)C(=O)NCC3C2)CC1. The average molecular weight is 507 g/mol. The molecule has 202 valence electrons. The van der Waals surface area contributed by atoms with Crippen molar-refractivity contribution in [3.63, 3.8) is 0 Å². The predicted octanol–water partition coefficient (Wildman–Crippen LogP) is 4.68. The van der Waals surface area contributed by atoms with Crippen molar-refractivity contribution in [2.45, 2.75) is 91.4 Å². The van der Waals surface area contributed by atoms with E-state index in [-0.39, 0.29) is 23.9 Å². The van der Waals surface area contributed by atoms with E-state index in [2.05, 4.69) is 55.1 Å². The van der Waals surface area contributed by atoms with E-state index in [0.717, 1.165) is 48.1 Å². The molecule has 7 heteroatoms. The highest BCUT2D eigenvalue weighted by Gasteiger charge is 2.37. The molecule has 2 aliphatic heterocycles. The van der Waals surface area contributed by atoms with Gasteiger partial charge >= 0.3 is 0 Å². The minimum atomic E-state index is -0.338. The van der Waals surface area contributed by atoms with Gasteiger partial charge in [0.1, 0.15) is 17.7 Å². The van der Waals surface area contributed by atoms with Crippen LogP contribution in [-0.4, -0.2) is 70.0 Å². The Balaban J connectivity index is 1.36. The third-order valence-electron chi connectivity index (χ3n) is 9.61. The first-order valence-electron chi connectivity index (χ1n) is 14.5. The Kier molecular flexibility index (Phi) is 7.73. The first kappa shape index (κ1) is 26.4. The molecule has 1 aliphatic carbocycles. The van der Waals surface area contributed by atoms with Crippen molar-refractivity contribution in [2.24, 2.45) is 17.3 Å². The molecule has 1 saturated carbocycles. The van der Waals surface area contributed by atoms with Crippen LogP contribution in [0.1, 0.15) is 72.5 Å². The van der Waals surface area contributed by atoms with Gasteiger partial charge in [-0.3, -0.25) is 14.6 Å². The van der Waals surface area contributed by atoms with Crippen LogP contribution in [0.2, 0.25) is 0 Å². The molecule has 3 heterocycles. The lowest BCUT2D eigenvalue weighted by molar-refractivity contribution is -0.123. The zero-order valence-corrected chi connectivity index (χ0v) is 23.5. The summed E-state index contributed by atoms with van der Waals surface area (Å²) < 4.78 is 0. The maximum Gasteiger partial charge on any atom is 0.242 e. The molecule has 3 aliphatic rings. The van der Waals surface area contributed by atoms with Crippen LogP contribution in [-0.2, 0) is 11.3 Å². The Bertz CT molecular complexity index is 1090. The number of para-hydroxylation sites is 1. The highest BCUT2D eigenvalue weighted by molar-refractivity contribution is 5.92. The van der Waals surface area contributed by atoms with Gasteiger partial charge in [0.2, 0.25) is 5.91 Å². The summed E-state index contributed by atoms with van der Waals surface area (Å²) in [6.07, 6.45) is 6.52. The second-order valence-corrected chi connectivity index (χ2v) is 12.6. The number of nitrogens with one attached hydrogen (secondary N) is 2. The van der Waals surface area contributed by atoms with Gasteiger partial charge in [-0.1, -0.05) is 53.2 Å². The number of fused-ring (bicyclic) bond motifs is 5. The molecule has 2 bridgehead atoms. The third kappa shape index (κ3) is 5.63. The Hall–Kier alpha value is -2.25. The van der Waals surface area contributed by atoms with Crippen molar-refractivity contribution >= 4 is 22.6 Å². The van der Waals surface area contributed by atoms with E-state index in [1.807, 2.05) is 24.3 Å². The van der Waals surface area contributed by atoms with Crippen LogP contribution in [0.4, 0.5) is 5.82 Å². The fraction of sp³-hybridized carbons (Fsp3) is 0.700. The van der Waals surface area contributed by atoms with E-state index >= 15 is 0 Å². The topological polar surface area (TPSA) is 73.4 Å². The molecule has 37 heavy (non-hydrogen) atoms. The zero-order chi connectivity index (χ0) is 26.2. The van der Waals surface area contributed by atoms with Gasteiger partial charge in [-0.25, -0.2) is 9.97 Å². The molecule has 2 fully saturated rings. The number of carbonyl (C=O) groups is 1. The second kappa shape index (κ2) is 10.9. The van der Waals surface area contributed by atoms with E-state index < -0.39 is 0 Å². The normalized spacial score (nSPS) is 28.3. The number of anilines is 1. The molecular weight excluding hydrogens is 460 g/mol. The Morgan fingerprint density at radius 3 is 2.49 bits per heavy atom. The maximum absolute atomic E-state index is 13.4. The summed E-state index contributed by atoms with van der Waals surface area (Å²) >= 11 is 0. The molecule has 1 amide bonds. The van der Waals surface area contributed by atoms with E-state index in [9.17, 15) is 4.79 Å². The van der Waals surface area contributed by atoms with Gasteiger partial charge in [-0.15, -0.1) is 0 Å². The van der Waals surface area contributed by atoms with Crippen LogP contribution in [0.3, 0.4) is 0 Å². The Morgan fingerprint density at radius 1 is 1.03 bits per heavy atom. The van der Waals surface area contributed by atoms with Crippen molar-refractivity contribution in [1.29, 1.82) is 0 Å². The summed E-state index contributed by atoms with van der Waals surface area (Å²) in [5, 5.41) is 7.75. The molecule has 0 spiro atoms. The molecule has 1 aromatic heterocycles. The highest BCUT2D eigenvalue weighted by atomic mass is 16.2. The van der Waals surface area contributed by atoms with Crippen molar-refractivity contribution in [1.82, 2.24) is 25.1 Å². The number of aromatic nitrogens is 2. The van der Waals surface area contributed by atoms with Gasteiger partial charge in [0, 0.05) is 43.6 Å². The molecule has 1 unspecified atom stereocenters. The highest BCUT2D eigenvalue weighted by Crippen LogP contribution is 2.41. The van der Waals surface area contributed by atoms with E-state index in [4.69, 9.17) is 9.97 Å². The smallest absolute Gasteiger partial charge is 0.242 e. The monoisotopic (exact) mass is 506 g/mol. The predicted molar refractivity (Wildman–Crippen MR) is 150 cm³/mol. The fourth-order valence-electron chi connectivity index (χ4n) is 6.66. The van der Waals surface area contributed by atoms with Gasteiger partial charge in [-0.2, -0.15) is 0 Å². The first-order chi connectivity index (χ1) is 17.7. The number of nitrogens with zero attached hydrogens (tertiary/aromatic N) is 4. The maximum atomic E-state index is 13.4. The van der Waals surface area contributed by atoms with Crippen molar-refractivity contribution in [3.05, 3.63) is 30.1 Å². The first-order valence-corrected chi connectivity index (χ1v) is 14.5. The summed E-state index contributed by atoms with van der Waals surface area (Å²) in [5.74, 6) is 2.63. The molecule has 1 aromatic carbocycles. The van der Waals surface area contributed by atoms with Crippen molar-refractivity contribution < 1.29 is 4.79 Å². The minimum Gasteiger partial charge on any atom is -0.358 e. The lowest BCUT2D eigenvalue weighted by Gasteiger charge is -2.47. The number of benzene rings is 1. The average Bonchev–Trinajstić information content (AvgIpc) is 2.92. The molecular formula is C30H46N6O. The van der Waals surface area contributed by atoms with Crippen LogP contribution in [0.15, 0.2) is 24.3 Å². The number of rotatable bonds is 4. The van der Waals surface area contributed by atoms with Crippen LogP contribution in [0.25, 0.3) is 10.9 Å². The summed E-state index contributed by atoms with van der Waals surface area (Å²) in [6, 6.07) is 8.68. The van der Waals surface area contributed by atoms with Gasteiger partial charge in [0.05, 0.1) is 12.1 Å². The van der Waals surface area contributed by atoms with Gasteiger partial charge in [0.25, 0.3) is 0 Å². The largest absolute Gasteiger partial charge is 0.358 e. The lowest BCUT2D eigenvalue weighted by atomic mass is 9.68. The molecule has 2 aromatic rings. The standard InChI is InChI=1S/C30H46N6O/c1-6-30(4,5)21-11-13-22(14-12-21)35-15-16-36-19-26-32-25-10-8-7-9-24(25)28(33-26)34-27(20(2)3)29(37)31-17-23(36)18-35/h7-10,20-23,27H,6,11-19H2,1-5H3,(H,31,37)(H,32,33,34)/t21?,22?,23?,27-/m0/s1. The number of carbonyl (C=O) groups excluding carboxylic acids is 1.